The summed E-state index contributed by atoms with van der Waals surface area (Å²) >= 11 is 0. The molecule has 136 valence electrons. The molecule has 25 heavy (non-hydrogen) atoms. The van der Waals surface area contributed by atoms with Crippen LogP contribution in [0.5, 0.6) is 5.75 Å². The minimum Gasteiger partial charge on any atom is -0.508 e. The summed E-state index contributed by atoms with van der Waals surface area (Å²) < 4.78 is 0. The quantitative estimate of drug-likeness (QED) is 0.768. The van der Waals surface area contributed by atoms with E-state index in [0.29, 0.717) is 18.1 Å². The first-order valence-corrected chi connectivity index (χ1v) is 9.45. The fourth-order valence-corrected chi connectivity index (χ4v) is 4.10. The molecule has 1 saturated carbocycles. The summed E-state index contributed by atoms with van der Waals surface area (Å²) in [6.07, 6.45) is 8.00. The molecule has 2 aliphatic rings. The molecule has 1 aromatic rings. The zero-order valence-corrected chi connectivity index (χ0v) is 14.9. The smallest absolute Gasteiger partial charge is 0.242 e. The van der Waals surface area contributed by atoms with Crippen LogP contribution in [0.2, 0.25) is 0 Å². The minimum absolute atomic E-state index is 0.0287. The summed E-state index contributed by atoms with van der Waals surface area (Å²) in [4.78, 5) is 24.6. The van der Waals surface area contributed by atoms with Crippen LogP contribution in [0, 0.1) is 5.92 Å². The van der Waals surface area contributed by atoms with Crippen molar-refractivity contribution in [3.8, 4) is 5.75 Å². The molecule has 2 atom stereocenters. The van der Waals surface area contributed by atoms with Crippen molar-refractivity contribution in [2.45, 2.75) is 70.4 Å². The Bertz CT molecular complexity index is 638. The van der Waals surface area contributed by atoms with Gasteiger partial charge in [0.1, 0.15) is 11.8 Å². The van der Waals surface area contributed by atoms with E-state index < -0.39 is 6.04 Å². The first kappa shape index (κ1) is 17.8. The lowest BCUT2D eigenvalue weighted by Gasteiger charge is -2.23. The van der Waals surface area contributed by atoms with E-state index in [1.807, 2.05) is 6.07 Å². The van der Waals surface area contributed by atoms with Gasteiger partial charge in [0.2, 0.25) is 11.8 Å². The van der Waals surface area contributed by atoms with Gasteiger partial charge in [0.05, 0.1) is 6.04 Å². The topological polar surface area (TPSA) is 78.4 Å². The summed E-state index contributed by atoms with van der Waals surface area (Å²) in [5, 5.41) is 15.7. The van der Waals surface area contributed by atoms with Gasteiger partial charge in [-0.05, 0) is 55.7 Å². The molecule has 0 saturated heterocycles. The molecule has 0 aromatic heterocycles. The van der Waals surface area contributed by atoms with Gasteiger partial charge in [0.25, 0.3) is 0 Å². The molecular formula is C20H28N2O3. The second kappa shape index (κ2) is 7.89. The van der Waals surface area contributed by atoms with Crippen LogP contribution in [-0.4, -0.2) is 23.0 Å². The number of benzene rings is 1. The molecule has 1 aromatic carbocycles. The number of carbonyl (C=O) groups excluding carboxylic acids is 2. The van der Waals surface area contributed by atoms with E-state index >= 15 is 0 Å². The summed E-state index contributed by atoms with van der Waals surface area (Å²) in [7, 11) is 0. The Balaban J connectivity index is 1.50. The largest absolute Gasteiger partial charge is 0.508 e. The Hall–Kier alpha value is -2.04. The second-order valence-electron chi connectivity index (χ2n) is 7.44. The lowest BCUT2D eigenvalue weighted by Crippen LogP contribution is -2.46. The Morgan fingerprint density at radius 3 is 2.72 bits per heavy atom. The SMILES string of the molecule is CC(NC(=O)CC1CCCCC1)C(=O)NC1CCc2c(O)cccc21. The van der Waals surface area contributed by atoms with E-state index in [9.17, 15) is 14.7 Å². The molecule has 2 aliphatic carbocycles. The fourth-order valence-electron chi connectivity index (χ4n) is 4.10. The summed E-state index contributed by atoms with van der Waals surface area (Å²) in [5.41, 5.74) is 1.90. The number of amides is 2. The molecule has 0 heterocycles. The van der Waals surface area contributed by atoms with Crippen LogP contribution in [0.25, 0.3) is 0 Å². The summed E-state index contributed by atoms with van der Waals surface area (Å²) in [6.45, 7) is 1.73. The molecule has 3 rings (SSSR count). The monoisotopic (exact) mass is 344 g/mol. The highest BCUT2D eigenvalue weighted by atomic mass is 16.3. The number of fused-ring (bicyclic) bond motifs is 1. The van der Waals surface area contributed by atoms with Gasteiger partial charge in [0, 0.05) is 6.42 Å². The van der Waals surface area contributed by atoms with Crippen LogP contribution >= 0.6 is 0 Å². The van der Waals surface area contributed by atoms with Crippen LogP contribution in [0.1, 0.15) is 69.0 Å². The minimum atomic E-state index is -0.544. The highest BCUT2D eigenvalue weighted by Gasteiger charge is 2.28. The van der Waals surface area contributed by atoms with Gasteiger partial charge in [-0.1, -0.05) is 31.4 Å². The Kier molecular flexibility index (Phi) is 5.61. The Morgan fingerprint density at radius 2 is 1.96 bits per heavy atom. The van der Waals surface area contributed by atoms with Crippen molar-refractivity contribution in [3.05, 3.63) is 29.3 Å². The fraction of sp³-hybridized carbons (Fsp3) is 0.600. The first-order chi connectivity index (χ1) is 12.0. The van der Waals surface area contributed by atoms with Gasteiger partial charge in [-0.15, -0.1) is 0 Å². The van der Waals surface area contributed by atoms with E-state index in [-0.39, 0.29) is 17.9 Å². The van der Waals surface area contributed by atoms with E-state index in [4.69, 9.17) is 0 Å². The van der Waals surface area contributed by atoms with Crippen molar-refractivity contribution >= 4 is 11.8 Å². The Labute approximate surface area is 149 Å². The standard InChI is InChI=1S/C20H28N2O3/c1-13(21-19(24)12-14-6-3-2-4-7-14)20(25)22-17-11-10-16-15(17)8-5-9-18(16)23/h5,8-9,13-14,17,23H,2-4,6-7,10-12H2,1H3,(H,21,24)(H,22,25). The molecule has 0 spiro atoms. The lowest BCUT2D eigenvalue weighted by atomic mass is 9.87. The normalized spacial score (nSPS) is 21.4. The predicted octanol–water partition coefficient (Wildman–Crippen LogP) is 2.97. The number of hydrogen-bond acceptors (Lipinski definition) is 3. The maximum atomic E-state index is 12.4. The molecule has 2 amide bonds. The van der Waals surface area contributed by atoms with Crippen LogP contribution in [-0.2, 0) is 16.0 Å². The van der Waals surface area contributed by atoms with Crippen LogP contribution in [0.15, 0.2) is 18.2 Å². The maximum absolute atomic E-state index is 12.4. The number of rotatable bonds is 5. The second-order valence-corrected chi connectivity index (χ2v) is 7.44. The van der Waals surface area contributed by atoms with Gasteiger partial charge in [-0.2, -0.15) is 0 Å². The van der Waals surface area contributed by atoms with Gasteiger partial charge < -0.3 is 15.7 Å². The molecule has 2 unspecified atom stereocenters. The molecular weight excluding hydrogens is 316 g/mol. The lowest BCUT2D eigenvalue weighted by molar-refractivity contribution is -0.129. The Morgan fingerprint density at radius 1 is 1.20 bits per heavy atom. The molecule has 5 heteroatoms. The van der Waals surface area contributed by atoms with Gasteiger partial charge in [-0.25, -0.2) is 0 Å². The van der Waals surface area contributed by atoms with Crippen LogP contribution < -0.4 is 10.6 Å². The average molecular weight is 344 g/mol. The van der Waals surface area contributed by atoms with Gasteiger partial charge >= 0.3 is 0 Å². The van der Waals surface area contributed by atoms with Gasteiger partial charge in [0.15, 0.2) is 0 Å². The van der Waals surface area contributed by atoms with Crippen molar-refractivity contribution in [3.63, 3.8) is 0 Å². The third kappa shape index (κ3) is 4.33. The molecule has 5 nitrogen and oxygen atoms in total. The molecule has 0 radical (unpaired) electrons. The van der Waals surface area contributed by atoms with Crippen molar-refractivity contribution in [1.29, 1.82) is 0 Å². The summed E-state index contributed by atoms with van der Waals surface area (Å²) in [5.74, 6) is 0.564. The molecule has 1 fully saturated rings. The van der Waals surface area contributed by atoms with E-state index in [1.54, 1.807) is 19.1 Å². The molecule has 0 aliphatic heterocycles. The zero-order chi connectivity index (χ0) is 17.8. The third-order valence-electron chi connectivity index (χ3n) is 5.53. The number of carbonyl (C=O) groups is 2. The predicted molar refractivity (Wildman–Crippen MR) is 96.1 cm³/mol. The van der Waals surface area contributed by atoms with Crippen molar-refractivity contribution in [1.82, 2.24) is 10.6 Å². The number of nitrogens with one attached hydrogen (secondary N) is 2. The van der Waals surface area contributed by atoms with Crippen LogP contribution in [0.4, 0.5) is 0 Å². The molecule has 3 N–H and O–H groups in total. The average Bonchev–Trinajstić information content (AvgIpc) is 3.00. The highest BCUT2D eigenvalue weighted by Crippen LogP contribution is 2.36. The van der Waals surface area contributed by atoms with E-state index in [2.05, 4.69) is 10.6 Å². The van der Waals surface area contributed by atoms with Crippen molar-refractivity contribution < 1.29 is 14.7 Å². The molecule has 0 bridgehead atoms. The van der Waals surface area contributed by atoms with Crippen molar-refractivity contribution in [2.75, 3.05) is 0 Å². The van der Waals surface area contributed by atoms with E-state index in [0.717, 1.165) is 36.8 Å². The highest BCUT2D eigenvalue weighted by molar-refractivity contribution is 5.87. The van der Waals surface area contributed by atoms with Crippen LogP contribution in [0.3, 0.4) is 0 Å². The third-order valence-corrected chi connectivity index (χ3v) is 5.53. The zero-order valence-electron chi connectivity index (χ0n) is 14.9. The number of phenolic OH excluding ortho intramolecular Hbond substituents is 1. The summed E-state index contributed by atoms with van der Waals surface area (Å²) in [6, 6.07) is 4.79. The number of phenols is 1. The van der Waals surface area contributed by atoms with E-state index in [1.165, 1.54) is 19.3 Å². The van der Waals surface area contributed by atoms with Crippen molar-refractivity contribution in [2.24, 2.45) is 5.92 Å². The first-order valence-electron chi connectivity index (χ1n) is 9.45. The number of hydrogen-bond donors (Lipinski definition) is 3. The maximum Gasteiger partial charge on any atom is 0.242 e. The number of aromatic hydroxyl groups is 1. The van der Waals surface area contributed by atoms with Gasteiger partial charge in [-0.3, -0.25) is 9.59 Å².